The Morgan fingerprint density at radius 2 is 1.83 bits per heavy atom. The lowest BCUT2D eigenvalue weighted by Crippen LogP contribution is -2.39. The molecule has 3 aliphatic rings. The quantitative estimate of drug-likeness (QED) is 0.624. The van der Waals surface area contributed by atoms with E-state index in [0.29, 0.717) is 35.2 Å². The van der Waals surface area contributed by atoms with Crippen molar-refractivity contribution >= 4 is 16.7 Å². The van der Waals surface area contributed by atoms with Crippen LogP contribution in [0.3, 0.4) is 0 Å². The van der Waals surface area contributed by atoms with E-state index in [2.05, 4.69) is 73.0 Å². The standard InChI is InChI=1S/C27H36N2O/c1-26(2)15-23-16-27(3,18-26)19-29(23)25(30)13-14-28(22-11-12-22)17-21-9-6-8-20-7-4-5-10-24(20)21/h4-10,22-23H,11-19H2,1-3H3. The summed E-state index contributed by atoms with van der Waals surface area (Å²) in [4.78, 5) is 18.1. The number of hydrogen-bond donors (Lipinski definition) is 0. The topological polar surface area (TPSA) is 23.6 Å². The van der Waals surface area contributed by atoms with Gasteiger partial charge in [0.15, 0.2) is 0 Å². The summed E-state index contributed by atoms with van der Waals surface area (Å²) < 4.78 is 0. The zero-order valence-corrected chi connectivity index (χ0v) is 18.9. The Morgan fingerprint density at radius 1 is 1.07 bits per heavy atom. The van der Waals surface area contributed by atoms with Crippen molar-refractivity contribution in [3.63, 3.8) is 0 Å². The zero-order valence-electron chi connectivity index (χ0n) is 18.9. The van der Waals surface area contributed by atoms with Gasteiger partial charge in [0, 0.05) is 38.1 Å². The number of benzene rings is 2. The molecule has 1 heterocycles. The Balaban J connectivity index is 1.26. The van der Waals surface area contributed by atoms with Crippen molar-refractivity contribution < 1.29 is 4.79 Å². The van der Waals surface area contributed by atoms with E-state index in [1.807, 2.05) is 0 Å². The normalized spacial score (nSPS) is 27.7. The van der Waals surface area contributed by atoms with Crippen molar-refractivity contribution in [2.45, 2.75) is 77.9 Å². The largest absolute Gasteiger partial charge is 0.339 e. The molecule has 160 valence electrons. The summed E-state index contributed by atoms with van der Waals surface area (Å²) in [7, 11) is 0. The van der Waals surface area contributed by atoms with Gasteiger partial charge in [-0.15, -0.1) is 0 Å². The van der Waals surface area contributed by atoms with Gasteiger partial charge in [-0.25, -0.2) is 0 Å². The second kappa shape index (κ2) is 7.37. The van der Waals surface area contributed by atoms with Gasteiger partial charge in [0.25, 0.3) is 0 Å². The van der Waals surface area contributed by atoms with E-state index in [1.165, 1.54) is 42.0 Å². The van der Waals surface area contributed by atoms with Crippen LogP contribution in [0.4, 0.5) is 0 Å². The third kappa shape index (κ3) is 4.01. The van der Waals surface area contributed by atoms with Crippen LogP contribution in [-0.2, 0) is 11.3 Å². The van der Waals surface area contributed by atoms with Crippen molar-refractivity contribution in [3.05, 3.63) is 48.0 Å². The Morgan fingerprint density at radius 3 is 2.63 bits per heavy atom. The Hall–Kier alpha value is -1.87. The highest BCUT2D eigenvalue weighted by atomic mass is 16.2. The van der Waals surface area contributed by atoms with E-state index < -0.39 is 0 Å². The minimum Gasteiger partial charge on any atom is -0.339 e. The first-order valence-electron chi connectivity index (χ1n) is 11.8. The number of carbonyl (C=O) groups is 1. The number of fused-ring (bicyclic) bond motifs is 3. The number of amides is 1. The maximum absolute atomic E-state index is 13.3. The third-order valence-electron chi connectivity index (χ3n) is 7.66. The van der Waals surface area contributed by atoms with Crippen molar-refractivity contribution in [3.8, 4) is 0 Å². The van der Waals surface area contributed by atoms with Crippen molar-refractivity contribution in [2.75, 3.05) is 13.1 Å². The molecule has 5 rings (SSSR count). The lowest BCUT2D eigenvalue weighted by atomic mass is 9.65. The summed E-state index contributed by atoms with van der Waals surface area (Å²) in [6.45, 7) is 9.95. The highest BCUT2D eigenvalue weighted by molar-refractivity contribution is 5.85. The SMILES string of the molecule is CC1(C)CC2CC(C)(CN2C(=O)CCN(Cc2cccc3ccccc23)C2CC2)C1. The monoisotopic (exact) mass is 404 g/mol. The average Bonchev–Trinajstić information content (AvgIpc) is 3.49. The Bertz CT molecular complexity index is 942. The third-order valence-corrected chi connectivity index (χ3v) is 7.66. The molecule has 1 aliphatic heterocycles. The zero-order chi connectivity index (χ0) is 20.9. The fourth-order valence-electron chi connectivity index (χ4n) is 6.61. The maximum Gasteiger partial charge on any atom is 0.224 e. The lowest BCUT2D eigenvalue weighted by Gasteiger charge is -2.39. The molecule has 2 aliphatic carbocycles. The fourth-order valence-corrected chi connectivity index (χ4v) is 6.61. The molecule has 2 unspecified atom stereocenters. The number of likely N-dealkylation sites (tertiary alicyclic amines) is 1. The number of nitrogens with zero attached hydrogens (tertiary/aromatic N) is 2. The minimum absolute atomic E-state index is 0.321. The van der Waals surface area contributed by atoms with E-state index in [-0.39, 0.29) is 0 Å². The summed E-state index contributed by atoms with van der Waals surface area (Å²) in [6, 6.07) is 16.4. The van der Waals surface area contributed by atoms with Gasteiger partial charge in [0.2, 0.25) is 5.91 Å². The molecular formula is C27H36N2O. The Labute approximate surface area is 181 Å². The molecule has 2 bridgehead atoms. The van der Waals surface area contributed by atoms with Gasteiger partial charge < -0.3 is 4.90 Å². The van der Waals surface area contributed by atoms with Crippen LogP contribution < -0.4 is 0 Å². The molecule has 2 atom stereocenters. The van der Waals surface area contributed by atoms with E-state index >= 15 is 0 Å². The molecule has 2 aromatic rings. The van der Waals surface area contributed by atoms with Gasteiger partial charge in [-0.3, -0.25) is 9.69 Å². The molecule has 1 amide bonds. The van der Waals surface area contributed by atoms with Crippen LogP contribution in [0.2, 0.25) is 0 Å². The van der Waals surface area contributed by atoms with Crippen molar-refractivity contribution in [2.24, 2.45) is 10.8 Å². The summed E-state index contributed by atoms with van der Waals surface area (Å²) in [6.07, 6.45) is 6.82. The highest BCUT2D eigenvalue weighted by Gasteiger charge is 2.50. The molecule has 0 radical (unpaired) electrons. The molecule has 3 fully saturated rings. The number of hydrogen-bond acceptors (Lipinski definition) is 2. The van der Waals surface area contributed by atoms with Gasteiger partial charge in [0.1, 0.15) is 0 Å². The van der Waals surface area contributed by atoms with Crippen LogP contribution in [0.15, 0.2) is 42.5 Å². The van der Waals surface area contributed by atoms with E-state index in [9.17, 15) is 4.79 Å². The maximum atomic E-state index is 13.3. The average molecular weight is 405 g/mol. The first-order chi connectivity index (χ1) is 14.3. The van der Waals surface area contributed by atoms with Crippen LogP contribution in [0, 0.1) is 10.8 Å². The molecule has 2 saturated carbocycles. The van der Waals surface area contributed by atoms with Crippen LogP contribution in [0.25, 0.3) is 10.8 Å². The minimum atomic E-state index is 0.321. The van der Waals surface area contributed by atoms with Gasteiger partial charge in [-0.05, 0) is 59.3 Å². The molecular weight excluding hydrogens is 368 g/mol. The predicted molar refractivity (Wildman–Crippen MR) is 123 cm³/mol. The van der Waals surface area contributed by atoms with E-state index in [0.717, 1.165) is 26.1 Å². The van der Waals surface area contributed by atoms with Gasteiger partial charge in [-0.2, -0.15) is 0 Å². The van der Waals surface area contributed by atoms with Crippen LogP contribution in [0.5, 0.6) is 0 Å². The first-order valence-corrected chi connectivity index (χ1v) is 11.8. The first kappa shape index (κ1) is 20.1. The molecule has 3 nitrogen and oxygen atoms in total. The summed E-state index contributed by atoms with van der Waals surface area (Å²) in [5.74, 6) is 0.380. The van der Waals surface area contributed by atoms with Gasteiger partial charge in [-0.1, -0.05) is 63.2 Å². The molecule has 0 spiro atoms. The molecule has 2 aromatic carbocycles. The second-order valence-electron chi connectivity index (χ2n) is 11.3. The van der Waals surface area contributed by atoms with Crippen molar-refractivity contribution in [1.29, 1.82) is 0 Å². The highest BCUT2D eigenvalue weighted by Crippen LogP contribution is 2.52. The van der Waals surface area contributed by atoms with Crippen LogP contribution >= 0.6 is 0 Å². The Kier molecular flexibility index (Phi) is 4.93. The predicted octanol–water partition coefficient (Wildman–Crippen LogP) is 5.62. The molecule has 3 heteroatoms. The number of carbonyl (C=O) groups excluding carboxylic acids is 1. The van der Waals surface area contributed by atoms with Crippen molar-refractivity contribution in [1.82, 2.24) is 9.80 Å². The second-order valence-corrected chi connectivity index (χ2v) is 11.3. The molecule has 0 N–H and O–H groups in total. The number of rotatable bonds is 6. The van der Waals surface area contributed by atoms with Gasteiger partial charge in [0.05, 0.1) is 0 Å². The molecule has 1 saturated heterocycles. The van der Waals surface area contributed by atoms with E-state index in [1.54, 1.807) is 0 Å². The fraction of sp³-hybridized carbons (Fsp3) is 0.593. The van der Waals surface area contributed by atoms with Crippen LogP contribution in [0.1, 0.15) is 64.9 Å². The molecule has 30 heavy (non-hydrogen) atoms. The lowest BCUT2D eigenvalue weighted by molar-refractivity contribution is -0.132. The van der Waals surface area contributed by atoms with Crippen LogP contribution in [-0.4, -0.2) is 40.9 Å². The summed E-state index contributed by atoms with van der Waals surface area (Å²) >= 11 is 0. The summed E-state index contributed by atoms with van der Waals surface area (Å²) in [5.41, 5.74) is 2.07. The molecule has 0 aromatic heterocycles. The van der Waals surface area contributed by atoms with E-state index in [4.69, 9.17) is 0 Å². The van der Waals surface area contributed by atoms with Gasteiger partial charge >= 0.3 is 0 Å². The summed E-state index contributed by atoms with van der Waals surface area (Å²) in [5, 5.41) is 2.66. The smallest absolute Gasteiger partial charge is 0.224 e.